The molecule has 0 amide bonds. The summed E-state index contributed by atoms with van der Waals surface area (Å²) in [5.41, 5.74) is -4.19. The minimum absolute atomic E-state index is 0.0698. The van der Waals surface area contributed by atoms with Gasteiger partial charge in [0.2, 0.25) is 0 Å². The second-order valence-corrected chi connectivity index (χ2v) is 7.42. The normalized spacial score (nSPS) is 24.9. The van der Waals surface area contributed by atoms with Gasteiger partial charge in [-0.05, 0) is 37.9 Å². The van der Waals surface area contributed by atoms with Crippen molar-refractivity contribution >= 4 is 11.8 Å². The van der Waals surface area contributed by atoms with Crippen LogP contribution in [0.4, 0.5) is 13.2 Å². The summed E-state index contributed by atoms with van der Waals surface area (Å²) < 4.78 is 36.5. The first-order chi connectivity index (χ1) is 8.60. The third-order valence-electron chi connectivity index (χ3n) is 3.50. The first-order valence-electron chi connectivity index (χ1n) is 6.79. The molecule has 0 saturated carbocycles. The van der Waals surface area contributed by atoms with Crippen LogP contribution in [-0.4, -0.2) is 47.4 Å². The maximum atomic E-state index is 12.2. The van der Waals surface area contributed by atoms with Crippen molar-refractivity contribution in [3.63, 3.8) is 0 Å². The lowest BCUT2D eigenvalue weighted by Gasteiger charge is -2.46. The Bertz CT molecular complexity index is 280. The van der Waals surface area contributed by atoms with Crippen molar-refractivity contribution in [2.24, 2.45) is 5.92 Å². The van der Waals surface area contributed by atoms with E-state index in [0.29, 0.717) is 18.5 Å². The molecule has 1 aliphatic rings. The molecule has 1 heterocycles. The number of thioether (sulfide) groups is 1. The van der Waals surface area contributed by atoms with Gasteiger partial charge in [0, 0.05) is 37.0 Å². The molecule has 114 valence electrons. The van der Waals surface area contributed by atoms with Crippen molar-refractivity contribution < 1.29 is 13.2 Å². The van der Waals surface area contributed by atoms with Crippen molar-refractivity contribution in [1.29, 1.82) is 0 Å². The van der Waals surface area contributed by atoms with E-state index in [1.165, 1.54) is 0 Å². The van der Waals surface area contributed by atoms with E-state index in [1.807, 2.05) is 0 Å². The largest absolute Gasteiger partial charge is 0.441 e. The second-order valence-electron chi connectivity index (χ2n) is 6.26. The van der Waals surface area contributed by atoms with Crippen LogP contribution < -0.4 is 5.32 Å². The highest BCUT2D eigenvalue weighted by atomic mass is 32.2. The summed E-state index contributed by atoms with van der Waals surface area (Å²) in [4.78, 5) is 2.19. The van der Waals surface area contributed by atoms with Crippen LogP contribution >= 0.6 is 11.8 Å². The number of hydrogen-bond donors (Lipinski definition) is 1. The highest BCUT2D eigenvalue weighted by Gasteiger charge is 2.35. The summed E-state index contributed by atoms with van der Waals surface area (Å²) in [6, 6.07) is 0.393. The fraction of sp³-hybridized carbons (Fsp3) is 1.00. The zero-order valence-corrected chi connectivity index (χ0v) is 13.0. The van der Waals surface area contributed by atoms with Crippen molar-refractivity contribution in [3.05, 3.63) is 0 Å². The molecule has 0 bridgehead atoms. The molecule has 1 unspecified atom stereocenters. The fourth-order valence-corrected chi connectivity index (χ4v) is 3.02. The van der Waals surface area contributed by atoms with Crippen LogP contribution in [0.5, 0.6) is 0 Å². The van der Waals surface area contributed by atoms with Gasteiger partial charge in [0.1, 0.15) is 0 Å². The van der Waals surface area contributed by atoms with Gasteiger partial charge < -0.3 is 5.32 Å². The van der Waals surface area contributed by atoms with Gasteiger partial charge in [0.15, 0.2) is 0 Å². The number of halogens is 3. The lowest BCUT2D eigenvalue weighted by Crippen LogP contribution is -2.62. The summed E-state index contributed by atoms with van der Waals surface area (Å²) in [5.74, 6) is 0.714. The predicted molar refractivity (Wildman–Crippen MR) is 75.4 cm³/mol. The SMILES string of the molecule is CC(C)CC1CN(CCSC(F)(F)F)C(C)(C)CN1. The van der Waals surface area contributed by atoms with Crippen LogP contribution in [0.25, 0.3) is 0 Å². The van der Waals surface area contributed by atoms with Gasteiger partial charge in [-0.25, -0.2) is 0 Å². The zero-order valence-electron chi connectivity index (χ0n) is 12.2. The molecule has 0 aromatic heterocycles. The van der Waals surface area contributed by atoms with Gasteiger partial charge in [-0.1, -0.05) is 13.8 Å². The molecule has 0 aliphatic carbocycles. The molecule has 0 aromatic carbocycles. The van der Waals surface area contributed by atoms with E-state index in [0.717, 1.165) is 19.5 Å². The first-order valence-corrected chi connectivity index (χ1v) is 7.78. The summed E-state index contributed by atoms with van der Waals surface area (Å²) in [7, 11) is 0. The van der Waals surface area contributed by atoms with Gasteiger partial charge in [0.25, 0.3) is 0 Å². The molecule has 1 aliphatic heterocycles. The standard InChI is InChI=1S/C13H25F3N2S/c1-10(2)7-11-8-18(12(3,4)9-17-11)5-6-19-13(14,15)16/h10-11,17H,5-9H2,1-4H3. The van der Waals surface area contributed by atoms with E-state index in [2.05, 4.69) is 37.9 Å². The Morgan fingerprint density at radius 3 is 2.53 bits per heavy atom. The van der Waals surface area contributed by atoms with Crippen LogP contribution in [0, 0.1) is 5.92 Å². The minimum Gasteiger partial charge on any atom is -0.311 e. The van der Waals surface area contributed by atoms with Gasteiger partial charge >= 0.3 is 5.51 Å². The number of nitrogens with zero attached hydrogens (tertiary/aromatic N) is 1. The van der Waals surface area contributed by atoms with Crippen LogP contribution in [-0.2, 0) is 0 Å². The van der Waals surface area contributed by atoms with E-state index in [-0.39, 0.29) is 23.1 Å². The molecule has 1 saturated heterocycles. The van der Waals surface area contributed by atoms with Gasteiger partial charge in [0.05, 0.1) is 0 Å². The van der Waals surface area contributed by atoms with Crippen molar-refractivity contribution in [2.75, 3.05) is 25.4 Å². The van der Waals surface area contributed by atoms with Crippen molar-refractivity contribution in [1.82, 2.24) is 10.2 Å². The zero-order chi connectivity index (χ0) is 14.7. The van der Waals surface area contributed by atoms with E-state index < -0.39 is 5.51 Å². The predicted octanol–water partition coefficient (Wildman–Crippen LogP) is 3.34. The summed E-state index contributed by atoms with van der Waals surface area (Å²) in [5, 5.41) is 3.51. The second kappa shape index (κ2) is 6.68. The van der Waals surface area contributed by atoms with Crippen molar-refractivity contribution in [3.8, 4) is 0 Å². The molecule has 1 atom stereocenters. The maximum Gasteiger partial charge on any atom is 0.441 e. The third kappa shape index (κ3) is 6.36. The highest BCUT2D eigenvalue weighted by molar-refractivity contribution is 8.00. The molecule has 2 nitrogen and oxygen atoms in total. The Hall–Kier alpha value is 0.0600. The quantitative estimate of drug-likeness (QED) is 0.838. The third-order valence-corrected chi connectivity index (χ3v) is 4.22. The number of nitrogens with one attached hydrogen (secondary N) is 1. The lowest BCUT2D eigenvalue weighted by molar-refractivity contribution is -0.0331. The van der Waals surface area contributed by atoms with Gasteiger partial charge in [-0.3, -0.25) is 4.90 Å². The van der Waals surface area contributed by atoms with E-state index >= 15 is 0 Å². The smallest absolute Gasteiger partial charge is 0.311 e. The molecule has 19 heavy (non-hydrogen) atoms. The topological polar surface area (TPSA) is 15.3 Å². The van der Waals surface area contributed by atoms with E-state index in [4.69, 9.17) is 0 Å². The van der Waals surface area contributed by atoms with Crippen LogP contribution in [0.15, 0.2) is 0 Å². The fourth-order valence-electron chi connectivity index (χ4n) is 2.48. The molecule has 1 rings (SSSR count). The highest BCUT2D eigenvalue weighted by Crippen LogP contribution is 2.31. The Morgan fingerprint density at radius 1 is 1.37 bits per heavy atom. The average Bonchev–Trinajstić information content (AvgIpc) is 2.20. The molecule has 1 fully saturated rings. The van der Waals surface area contributed by atoms with Crippen LogP contribution in [0.2, 0.25) is 0 Å². The maximum absolute atomic E-state index is 12.2. The Labute approximate surface area is 118 Å². The summed E-state index contributed by atoms with van der Waals surface area (Å²) in [6.45, 7) is 10.7. The van der Waals surface area contributed by atoms with Crippen molar-refractivity contribution in [2.45, 2.75) is 51.2 Å². The van der Waals surface area contributed by atoms with Crippen LogP contribution in [0.1, 0.15) is 34.1 Å². The Kier molecular flexibility index (Phi) is 6.01. The van der Waals surface area contributed by atoms with Crippen LogP contribution in [0.3, 0.4) is 0 Å². The molecule has 0 aromatic rings. The molecule has 6 heteroatoms. The number of piperazine rings is 1. The molecule has 0 radical (unpaired) electrons. The Balaban J connectivity index is 2.47. The van der Waals surface area contributed by atoms with Gasteiger partial charge in [-0.2, -0.15) is 13.2 Å². The number of rotatable bonds is 5. The van der Waals surface area contributed by atoms with E-state index in [9.17, 15) is 13.2 Å². The number of hydrogen-bond acceptors (Lipinski definition) is 3. The first kappa shape index (κ1) is 17.1. The average molecular weight is 298 g/mol. The molecular weight excluding hydrogens is 273 g/mol. The molecular formula is C13H25F3N2S. The summed E-state index contributed by atoms with van der Waals surface area (Å²) >= 11 is 0.0810. The van der Waals surface area contributed by atoms with Gasteiger partial charge in [-0.15, -0.1) is 0 Å². The summed E-state index contributed by atoms with van der Waals surface area (Å²) in [6.07, 6.45) is 1.07. The minimum atomic E-state index is -4.12. The van der Waals surface area contributed by atoms with E-state index in [1.54, 1.807) is 0 Å². The number of alkyl halides is 3. The molecule has 1 N–H and O–H groups in total. The lowest BCUT2D eigenvalue weighted by atomic mass is 9.94. The monoisotopic (exact) mass is 298 g/mol. The Morgan fingerprint density at radius 2 is 2.00 bits per heavy atom. The molecule has 0 spiro atoms.